The Morgan fingerprint density at radius 1 is 1.19 bits per heavy atom. The summed E-state index contributed by atoms with van der Waals surface area (Å²) in [4.78, 5) is 0. The van der Waals surface area contributed by atoms with Gasteiger partial charge in [-0.1, -0.05) is 32.9 Å². The van der Waals surface area contributed by atoms with Gasteiger partial charge in [0, 0.05) is 17.6 Å². The topological polar surface area (TPSA) is 17.8 Å². The average molecular weight is 216 g/mol. The molecule has 0 fully saturated rings. The van der Waals surface area contributed by atoms with Crippen LogP contribution < -0.4 is 0 Å². The summed E-state index contributed by atoms with van der Waals surface area (Å²) in [5, 5.41) is 5.83. The second kappa shape index (κ2) is 3.62. The molecule has 0 N–H and O–H groups in total. The number of benzene rings is 1. The lowest BCUT2D eigenvalue weighted by Crippen LogP contribution is -2.10. The third-order valence-electron chi connectivity index (χ3n) is 2.92. The molecule has 0 spiro atoms. The van der Waals surface area contributed by atoms with E-state index >= 15 is 0 Å². The van der Waals surface area contributed by atoms with E-state index in [0.29, 0.717) is 6.04 Å². The van der Waals surface area contributed by atoms with Gasteiger partial charge in [-0.2, -0.15) is 5.10 Å². The summed E-state index contributed by atoms with van der Waals surface area (Å²) in [6, 6.07) is 7.00. The second-order valence-corrected chi connectivity index (χ2v) is 5.73. The van der Waals surface area contributed by atoms with Crippen LogP contribution in [0, 0.1) is 0 Å². The summed E-state index contributed by atoms with van der Waals surface area (Å²) >= 11 is 0. The van der Waals surface area contributed by atoms with Crippen LogP contribution in [0.4, 0.5) is 0 Å². The summed E-state index contributed by atoms with van der Waals surface area (Å²) in [7, 11) is 0. The Balaban J connectivity index is 2.54. The van der Waals surface area contributed by atoms with Gasteiger partial charge < -0.3 is 0 Å². The number of aromatic nitrogens is 2. The molecule has 0 amide bonds. The number of nitrogens with zero attached hydrogens (tertiary/aromatic N) is 2. The highest BCUT2D eigenvalue weighted by atomic mass is 15.3. The van der Waals surface area contributed by atoms with Crippen molar-refractivity contribution < 1.29 is 0 Å². The molecule has 0 bridgehead atoms. The molecule has 86 valence electrons. The van der Waals surface area contributed by atoms with Crippen LogP contribution in [0.2, 0.25) is 0 Å². The highest BCUT2D eigenvalue weighted by Gasteiger charge is 2.14. The van der Waals surface area contributed by atoms with Crippen molar-refractivity contribution in [1.82, 2.24) is 9.78 Å². The quantitative estimate of drug-likeness (QED) is 0.706. The van der Waals surface area contributed by atoms with E-state index in [2.05, 4.69) is 64.1 Å². The summed E-state index contributed by atoms with van der Waals surface area (Å²) < 4.78 is 2.02. The second-order valence-electron chi connectivity index (χ2n) is 5.73. The molecule has 1 heterocycles. The van der Waals surface area contributed by atoms with Gasteiger partial charge in [-0.05, 0) is 30.9 Å². The lowest BCUT2D eigenvalue weighted by molar-refractivity contribution is 0.537. The number of hydrogen-bond donors (Lipinski definition) is 0. The molecule has 0 aliphatic rings. The van der Waals surface area contributed by atoms with E-state index in [9.17, 15) is 0 Å². The van der Waals surface area contributed by atoms with E-state index in [1.165, 1.54) is 10.9 Å². The van der Waals surface area contributed by atoms with E-state index in [-0.39, 0.29) is 5.41 Å². The van der Waals surface area contributed by atoms with E-state index in [0.717, 1.165) is 5.52 Å². The Kier molecular flexibility index (Phi) is 2.53. The van der Waals surface area contributed by atoms with Gasteiger partial charge in [0.1, 0.15) is 0 Å². The third kappa shape index (κ3) is 1.97. The van der Waals surface area contributed by atoms with E-state index in [1.807, 2.05) is 4.68 Å². The Morgan fingerprint density at radius 3 is 2.44 bits per heavy atom. The van der Waals surface area contributed by atoms with E-state index in [4.69, 9.17) is 0 Å². The molecule has 0 unspecified atom stereocenters. The normalized spacial score (nSPS) is 12.6. The first-order valence-electron chi connectivity index (χ1n) is 5.87. The van der Waals surface area contributed by atoms with E-state index in [1.54, 1.807) is 0 Å². The van der Waals surface area contributed by atoms with Gasteiger partial charge in [0.25, 0.3) is 0 Å². The summed E-state index contributed by atoms with van der Waals surface area (Å²) in [6.45, 7) is 11.0. The molecular formula is C14H20N2. The summed E-state index contributed by atoms with van der Waals surface area (Å²) in [6.07, 6.45) is 2.12. The van der Waals surface area contributed by atoms with Crippen LogP contribution in [-0.2, 0) is 5.41 Å². The maximum atomic E-state index is 4.60. The molecule has 16 heavy (non-hydrogen) atoms. The molecule has 1 aromatic carbocycles. The first-order chi connectivity index (χ1) is 7.38. The minimum absolute atomic E-state index is 0.190. The van der Waals surface area contributed by atoms with Crippen molar-refractivity contribution in [2.45, 2.75) is 46.1 Å². The van der Waals surface area contributed by atoms with Gasteiger partial charge in [-0.15, -0.1) is 0 Å². The van der Waals surface area contributed by atoms with Crippen molar-refractivity contribution in [1.29, 1.82) is 0 Å². The molecule has 2 nitrogen and oxygen atoms in total. The first-order valence-corrected chi connectivity index (χ1v) is 5.87. The summed E-state index contributed by atoms with van der Waals surface area (Å²) in [5.74, 6) is 0. The minimum atomic E-state index is 0.190. The molecule has 2 rings (SSSR count). The van der Waals surface area contributed by atoms with Crippen LogP contribution >= 0.6 is 0 Å². The van der Waals surface area contributed by atoms with Crippen molar-refractivity contribution in [2.75, 3.05) is 0 Å². The van der Waals surface area contributed by atoms with Crippen molar-refractivity contribution >= 4 is 10.9 Å². The third-order valence-corrected chi connectivity index (χ3v) is 2.92. The zero-order valence-corrected chi connectivity index (χ0v) is 10.8. The standard InChI is InChI=1S/C14H20N2/c1-10(2)16-9-11-6-7-12(14(3,4)5)8-13(11)15-16/h6-10H,1-5H3. The molecule has 0 aliphatic heterocycles. The number of hydrogen-bond acceptors (Lipinski definition) is 1. The van der Waals surface area contributed by atoms with Gasteiger partial charge >= 0.3 is 0 Å². The maximum absolute atomic E-state index is 4.60. The van der Waals surface area contributed by atoms with Gasteiger partial charge in [0.15, 0.2) is 0 Å². The van der Waals surface area contributed by atoms with Gasteiger partial charge in [-0.25, -0.2) is 0 Å². The van der Waals surface area contributed by atoms with Crippen LogP contribution in [0.25, 0.3) is 10.9 Å². The largest absolute Gasteiger partial charge is 0.269 e. The van der Waals surface area contributed by atoms with Crippen molar-refractivity contribution in [3.8, 4) is 0 Å². The van der Waals surface area contributed by atoms with Crippen LogP contribution in [0.1, 0.15) is 46.2 Å². The highest BCUT2D eigenvalue weighted by Crippen LogP contribution is 2.25. The Bertz CT molecular complexity index is 501. The van der Waals surface area contributed by atoms with Crippen LogP contribution in [0.3, 0.4) is 0 Å². The zero-order chi connectivity index (χ0) is 11.9. The predicted octanol–water partition coefficient (Wildman–Crippen LogP) is 3.91. The smallest absolute Gasteiger partial charge is 0.0926 e. The minimum Gasteiger partial charge on any atom is -0.269 e. The molecule has 2 heteroatoms. The number of fused-ring (bicyclic) bond motifs is 1. The Labute approximate surface area is 97.3 Å². The maximum Gasteiger partial charge on any atom is 0.0926 e. The van der Waals surface area contributed by atoms with Gasteiger partial charge in [0.05, 0.1) is 5.52 Å². The lowest BCUT2D eigenvalue weighted by atomic mass is 9.87. The molecule has 0 saturated carbocycles. The molecule has 2 aromatic rings. The average Bonchev–Trinajstić information content (AvgIpc) is 2.58. The van der Waals surface area contributed by atoms with Crippen LogP contribution in [-0.4, -0.2) is 9.78 Å². The van der Waals surface area contributed by atoms with Gasteiger partial charge in [-0.3, -0.25) is 4.68 Å². The van der Waals surface area contributed by atoms with Gasteiger partial charge in [0.2, 0.25) is 0 Å². The van der Waals surface area contributed by atoms with E-state index < -0.39 is 0 Å². The Morgan fingerprint density at radius 2 is 1.88 bits per heavy atom. The van der Waals surface area contributed by atoms with Crippen LogP contribution in [0.15, 0.2) is 24.4 Å². The fraction of sp³-hybridized carbons (Fsp3) is 0.500. The number of rotatable bonds is 1. The highest BCUT2D eigenvalue weighted by molar-refractivity contribution is 5.79. The van der Waals surface area contributed by atoms with Crippen LogP contribution in [0.5, 0.6) is 0 Å². The SMILES string of the molecule is CC(C)n1cc2ccc(C(C)(C)C)cc2n1. The Hall–Kier alpha value is -1.31. The molecular weight excluding hydrogens is 196 g/mol. The monoisotopic (exact) mass is 216 g/mol. The zero-order valence-electron chi connectivity index (χ0n) is 10.8. The summed E-state index contributed by atoms with van der Waals surface area (Å²) in [5.41, 5.74) is 2.63. The molecule has 0 saturated heterocycles. The van der Waals surface area contributed by atoms with Crippen molar-refractivity contribution in [3.63, 3.8) is 0 Å². The molecule has 0 radical (unpaired) electrons. The molecule has 0 atom stereocenters. The first kappa shape index (κ1) is 11.2. The van der Waals surface area contributed by atoms with Crippen molar-refractivity contribution in [3.05, 3.63) is 30.0 Å². The fourth-order valence-electron chi connectivity index (χ4n) is 1.77. The van der Waals surface area contributed by atoms with Crippen molar-refractivity contribution in [2.24, 2.45) is 0 Å². The predicted molar refractivity (Wildman–Crippen MR) is 68.8 cm³/mol. The molecule has 1 aromatic heterocycles. The molecule has 0 aliphatic carbocycles. The lowest BCUT2D eigenvalue weighted by Gasteiger charge is -2.18. The fourth-order valence-corrected chi connectivity index (χ4v) is 1.77.